The van der Waals surface area contributed by atoms with E-state index < -0.39 is 0 Å². The summed E-state index contributed by atoms with van der Waals surface area (Å²) >= 11 is 0. The van der Waals surface area contributed by atoms with Gasteiger partial charge >= 0.3 is 0 Å². The zero-order valence-corrected chi connectivity index (χ0v) is 14.4. The van der Waals surface area contributed by atoms with Crippen LogP contribution in [0.15, 0.2) is 36.4 Å². The van der Waals surface area contributed by atoms with Crippen LogP contribution < -0.4 is 0 Å². The molecule has 0 spiro atoms. The number of fused-ring (bicyclic) bond motifs is 1. The summed E-state index contributed by atoms with van der Waals surface area (Å²) < 4.78 is 5.21. The van der Waals surface area contributed by atoms with Gasteiger partial charge in [0.25, 0.3) is 5.91 Å². The molecule has 0 aromatic heterocycles. The molecule has 1 N–H and O–H groups in total. The molecule has 24 heavy (non-hydrogen) atoms. The minimum absolute atomic E-state index is 0.0207. The molecule has 0 bridgehead atoms. The van der Waals surface area contributed by atoms with E-state index in [0.29, 0.717) is 25.3 Å². The van der Waals surface area contributed by atoms with Crippen LogP contribution in [0.2, 0.25) is 0 Å². The van der Waals surface area contributed by atoms with Crippen LogP contribution in [0.3, 0.4) is 0 Å². The summed E-state index contributed by atoms with van der Waals surface area (Å²) in [6.07, 6.45) is 0. The van der Waals surface area contributed by atoms with Crippen LogP contribution in [0.25, 0.3) is 0 Å². The topological polar surface area (TPSA) is 49.8 Å². The first kappa shape index (κ1) is 16.5. The van der Waals surface area contributed by atoms with E-state index >= 15 is 0 Å². The Labute approximate surface area is 142 Å². The maximum absolute atomic E-state index is 12.9. The summed E-state index contributed by atoms with van der Waals surface area (Å²) in [5.41, 5.74) is 4.67. The Morgan fingerprint density at radius 3 is 2.38 bits per heavy atom. The number of ether oxygens (including phenoxy) is 1. The maximum Gasteiger partial charge on any atom is 0.258 e. The van der Waals surface area contributed by atoms with Crippen LogP contribution >= 0.6 is 0 Å². The summed E-state index contributed by atoms with van der Waals surface area (Å²) in [4.78, 5) is 14.7. The molecule has 0 atom stereocenters. The van der Waals surface area contributed by atoms with E-state index in [4.69, 9.17) is 4.74 Å². The van der Waals surface area contributed by atoms with Crippen molar-refractivity contribution >= 4 is 5.91 Å². The first-order valence-electron chi connectivity index (χ1n) is 8.22. The lowest BCUT2D eigenvalue weighted by Crippen LogP contribution is -2.25. The maximum atomic E-state index is 12.9. The number of nitrogens with zero attached hydrogens (tertiary/aromatic N) is 1. The molecule has 3 rings (SSSR count). The van der Waals surface area contributed by atoms with Crippen molar-refractivity contribution in [1.82, 2.24) is 4.90 Å². The van der Waals surface area contributed by atoms with Crippen molar-refractivity contribution in [3.8, 4) is 5.75 Å². The van der Waals surface area contributed by atoms with E-state index in [1.807, 2.05) is 30.3 Å². The zero-order valence-electron chi connectivity index (χ0n) is 14.4. The predicted octanol–water partition coefficient (Wildman–Crippen LogP) is 3.82. The standard InChI is InChI=1S/C20H23NO3/c1-13(2)17-9-18(19(22)8-16(17)12-24-3)20(23)21-10-14-6-4-5-7-15(14)11-21/h4-9,13,22H,10-12H2,1-3H3. The average Bonchev–Trinajstić information content (AvgIpc) is 2.98. The molecule has 1 aliphatic rings. The first-order valence-corrected chi connectivity index (χ1v) is 8.22. The first-order chi connectivity index (χ1) is 11.5. The molecule has 0 unspecified atom stereocenters. The Kier molecular flexibility index (Phi) is 4.58. The fraction of sp³-hybridized carbons (Fsp3) is 0.350. The van der Waals surface area contributed by atoms with E-state index in [-0.39, 0.29) is 17.6 Å². The molecule has 1 heterocycles. The lowest BCUT2D eigenvalue weighted by Gasteiger charge is -2.19. The fourth-order valence-electron chi connectivity index (χ4n) is 3.28. The molecule has 2 aromatic carbocycles. The summed E-state index contributed by atoms with van der Waals surface area (Å²) in [6.45, 7) is 5.75. The third kappa shape index (κ3) is 3.02. The number of carbonyl (C=O) groups excluding carboxylic acids is 1. The second-order valence-electron chi connectivity index (χ2n) is 6.59. The molecular weight excluding hydrogens is 302 g/mol. The van der Waals surface area contributed by atoms with Gasteiger partial charge in [-0.25, -0.2) is 0 Å². The third-order valence-corrected chi connectivity index (χ3v) is 4.54. The van der Waals surface area contributed by atoms with Crippen molar-refractivity contribution in [2.45, 2.75) is 39.5 Å². The van der Waals surface area contributed by atoms with Crippen LogP contribution in [0, 0.1) is 0 Å². The lowest BCUT2D eigenvalue weighted by atomic mass is 9.94. The van der Waals surface area contributed by atoms with Gasteiger partial charge in [0.2, 0.25) is 0 Å². The smallest absolute Gasteiger partial charge is 0.258 e. The summed E-state index contributed by atoms with van der Waals surface area (Å²) in [5.74, 6) is 0.139. The highest BCUT2D eigenvalue weighted by molar-refractivity contribution is 5.97. The van der Waals surface area contributed by atoms with Gasteiger partial charge in [0.15, 0.2) is 0 Å². The van der Waals surface area contributed by atoms with E-state index in [1.165, 1.54) is 11.1 Å². The molecule has 126 valence electrons. The molecule has 1 aliphatic heterocycles. The van der Waals surface area contributed by atoms with Crippen LogP contribution in [0.4, 0.5) is 0 Å². The van der Waals surface area contributed by atoms with Crippen LogP contribution in [0.1, 0.15) is 52.4 Å². The number of carbonyl (C=O) groups is 1. The Morgan fingerprint density at radius 1 is 1.21 bits per heavy atom. The number of aromatic hydroxyl groups is 1. The minimum atomic E-state index is -0.130. The van der Waals surface area contributed by atoms with Gasteiger partial charge in [0.05, 0.1) is 12.2 Å². The quantitative estimate of drug-likeness (QED) is 0.930. The molecule has 0 saturated heterocycles. The summed E-state index contributed by atoms with van der Waals surface area (Å²) in [7, 11) is 1.63. The van der Waals surface area contributed by atoms with Crippen LogP contribution in [-0.2, 0) is 24.4 Å². The Balaban J connectivity index is 1.92. The number of rotatable bonds is 4. The van der Waals surface area contributed by atoms with Gasteiger partial charge in [-0.3, -0.25) is 4.79 Å². The SMILES string of the molecule is COCc1cc(O)c(C(=O)N2Cc3ccccc3C2)cc1C(C)C. The van der Waals surface area contributed by atoms with E-state index in [9.17, 15) is 9.90 Å². The molecule has 4 nitrogen and oxygen atoms in total. The average molecular weight is 325 g/mol. The Bertz CT molecular complexity index is 742. The highest BCUT2D eigenvalue weighted by Gasteiger charge is 2.26. The minimum Gasteiger partial charge on any atom is -0.507 e. The van der Waals surface area contributed by atoms with Gasteiger partial charge in [0.1, 0.15) is 5.75 Å². The number of amides is 1. The Hall–Kier alpha value is -2.33. The van der Waals surface area contributed by atoms with E-state index in [2.05, 4.69) is 13.8 Å². The highest BCUT2D eigenvalue weighted by Crippen LogP contribution is 2.31. The molecule has 4 heteroatoms. The molecule has 0 fully saturated rings. The molecule has 0 saturated carbocycles. The third-order valence-electron chi connectivity index (χ3n) is 4.54. The van der Waals surface area contributed by atoms with Gasteiger partial charge in [0, 0.05) is 20.2 Å². The fourth-order valence-corrected chi connectivity index (χ4v) is 3.28. The van der Waals surface area contributed by atoms with Crippen molar-refractivity contribution < 1.29 is 14.6 Å². The number of hydrogen-bond acceptors (Lipinski definition) is 3. The van der Waals surface area contributed by atoms with Crippen molar-refractivity contribution in [3.05, 3.63) is 64.2 Å². The number of hydrogen-bond donors (Lipinski definition) is 1. The monoisotopic (exact) mass is 325 g/mol. The van der Waals surface area contributed by atoms with Gasteiger partial charge in [-0.05, 0) is 40.3 Å². The van der Waals surface area contributed by atoms with Crippen molar-refractivity contribution in [2.75, 3.05) is 7.11 Å². The Morgan fingerprint density at radius 2 is 1.83 bits per heavy atom. The van der Waals surface area contributed by atoms with Crippen LogP contribution in [0.5, 0.6) is 5.75 Å². The van der Waals surface area contributed by atoms with Gasteiger partial charge in [-0.2, -0.15) is 0 Å². The second-order valence-corrected chi connectivity index (χ2v) is 6.59. The van der Waals surface area contributed by atoms with E-state index in [1.54, 1.807) is 18.1 Å². The summed E-state index contributed by atoms with van der Waals surface area (Å²) in [6, 6.07) is 11.5. The van der Waals surface area contributed by atoms with Crippen molar-refractivity contribution in [3.63, 3.8) is 0 Å². The van der Waals surface area contributed by atoms with Gasteiger partial charge < -0.3 is 14.7 Å². The molecule has 2 aromatic rings. The predicted molar refractivity (Wildman–Crippen MR) is 92.9 cm³/mol. The summed E-state index contributed by atoms with van der Waals surface area (Å²) in [5, 5.41) is 10.4. The molecule has 1 amide bonds. The molecule has 0 aliphatic carbocycles. The van der Waals surface area contributed by atoms with Crippen molar-refractivity contribution in [1.29, 1.82) is 0 Å². The molecular formula is C20H23NO3. The van der Waals surface area contributed by atoms with Gasteiger partial charge in [-0.15, -0.1) is 0 Å². The van der Waals surface area contributed by atoms with Crippen LogP contribution in [-0.4, -0.2) is 23.0 Å². The zero-order chi connectivity index (χ0) is 17.3. The normalized spacial score (nSPS) is 13.4. The number of phenolic OH excluding ortho intramolecular Hbond substituents is 1. The van der Waals surface area contributed by atoms with E-state index in [0.717, 1.165) is 11.1 Å². The lowest BCUT2D eigenvalue weighted by molar-refractivity contribution is 0.0748. The van der Waals surface area contributed by atoms with Gasteiger partial charge in [-0.1, -0.05) is 38.1 Å². The molecule has 0 radical (unpaired) electrons. The number of phenols is 1. The highest BCUT2D eigenvalue weighted by atomic mass is 16.5. The number of methoxy groups -OCH3 is 1. The number of benzene rings is 2. The largest absolute Gasteiger partial charge is 0.507 e. The second kappa shape index (κ2) is 6.65. The van der Waals surface area contributed by atoms with Crippen molar-refractivity contribution in [2.24, 2.45) is 0 Å².